The van der Waals surface area contributed by atoms with E-state index in [9.17, 15) is 22.4 Å². The fraction of sp³-hybridized carbons (Fsp3) is 0.519. The second-order valence-corrected chi connectivity index (χ2v) is 9.58. The van der Waals surface area contributed by atoms with Gasteiger partial charge in [0, 0.05) is 31.4 Å². The Balaban J connectivity index is 1.25. The highest BCUT2D eigenvalue weighted by molar-refractivity contribution is 5.80. The van der Waals surface area contributed by atoms with Gasteiger partial charge in [0.15, 0.2) is 11.6 Å². The van der Waals surface area contributed by atoms with E-state index < -0.39 is 30.4 Å². The molecule has 1 saturated heterocycles. The minimum atomic E-state index is -3.26. The number of carbonyl (C=O) groups is 1. The van der Waals surface area contributed by atoms with Crippen LogP contribution in [0.15, 0.2) is 36.7 Å². The minimum absolute atomic E-state index is 0.194. The van der Waals surface area contributed by atoms with E-state index in [-0.39, 0.29) is 12.2 Å². The molecule has 2 aliphatic rings. The average molecular weight is 521 g/mol. The van der Waals surface area contributed by atoms with Crippen molar-refractivity contribution < 1.29 is 27.1 Å². The van der Waals surface area contributed by atoms with E-state index in [1.807, 2.05) is 12.4 Å². The molecule has 1 N–H and O–H groups in total. The number of halogens is 4. The quantitative estimate of drug-likeness (QED) is 0.358. The monoisotopic (exact) mass is 520 g/mol. The lowest BCUT2D eigenvalue weighted by Gasteiger charge is -2.31. The van der Waals surface area contributed by atoms with Crippen LogP contribution in [0, 0.1) is 17.7 Å². The van der Waals surface area contributed by atoms with Gasteiger partial charge in [0.05, 0.1) is 6.61 Å². The Bertz CT molecular complexity index is 1090. The van der Waals surface area contributed by atoms with Gasteiger partial charge in [-0.2, -0.15) is 0 Å². The van der Waals surface area contributed by atoms with Gasteiger partial charge in [0.2, 0.25) is 18.2 Å². The third-order valence-electron chi connectivity index (χ3n) is 7.06. The molecular weight excluding hydrogens is 488 g/mol. The smallest absolute Gasteiger partial charge is 0.287 e. The number of piperidine rings is 1. The van der Waals surface area contributed by atoms with Crippen molar-refractivity contribution >= 4 is 17.4 Å². The first kappa shape index (κ1) is 26.9. The SMILES string of the molecule is CCc1cnc(N2CCC(COc3ccc(C4=CCC(C(=O)NC(F)C(F)F)CC4)cc3F)CC2)nc1. The van der Waals surface area contributed by atoms with Crippen LogP contribution >= 0.6 is 0 Å². The van der Waals surface area contributed by atoms with E-state index in [1.165, 1.54) is 6.07 Å². The number of alkyl halides is 3. The summed E-state index contributed by atoms with van der Waals surface area (Å²) in [4.78, 5) is 23.0. The molecular formula is C27H32F4N4O2. The average Bonchev–Trinajstić information content (AvgIpc) is 2.92. The molecule has 1 aromatic carbocycles. The summed E-state index contributed by atoms with van der Waals surface area (Å²) in [7, 11) is 0. The molecule has 0 bridgehead atoms. The number of nitrogens with one attached hydrogen (secondary N) is 1. The fourth-order valence-corrected chi connectivity index (χ4v) is 4.67. The summed E-state index contributed by atoms with van der Waals surface area (Å²) in [5.41, 5.74) is 2.65. The molecule has 1 aliphatic carbocycles. The zero-order valence-electron chi connectivity index (χ0n) is 20.8. The van der Waals surface area contributed by atoms with Gasteiger partial charge in [0.1, 0.15) is 0 Å². The second kappa shape index (κ2) is 12.4. The highest BCUT2D eigenvalue weighted by Crippen LogP contribution is 2.33. The van der Waals surface area contributed by atoms with Gasteiger partial charge in [-0.05, 0) is 73.3 Å². The summed E-state index contributed by atoms with van der Waals surface area (Å²) in [6, 6.07) is 4.80. The minimum Gasteiger partial charge on any atom is -0.490 e. The van der Waals surface area contributed by atoms with E-state index in [4.69, 9.17) is 4.74 Å². The molecule has 1 amide bonds. The number of aryl methyl sites for hydroxylation is 1. The maximum absolute atomic E-state index is 14.8. The van der Waals surface area contributed by atoms with Crippen molar-refractivity contribution in [3.05, 3.63) is 53.6 Å². The van der Waals surface area contributed by atoms with Crippen LogP contribution in [0.3, 0.4) is 0 Å². The predicted octanol–water partition coefficient (Wildman–Crippen LogP) is 5.33. The summed E-state index contributed by atoms with van der Waals surface area (Å²) in [6.45, 7) is 4.13. The topological polar surface area (TPSA) is 67.4 Å². The molecule has 10 heteroatoms. The summed E-state index contributed by atoms with van der Waals surface area (Å²) in [6.07, 6.45) is 3.41. The van der Waals surface area contributed by atoms with Crippen LogP contribution < -0.4 is 15.0 Å². The lowest BCUT2D eigenvalue weighted by atomic mass is 9.86. The van der Waals surface area contributed by atoms with Crippen molar-refractivity contribution in [1.82, 2.24) is 15.3 Å². The van der Waals surface area contributed by atoms with E-state index >= 15 is 0 Å². The Labute approximate surface area is 214 Å². The maximum atomic E-state index is 14.8. The Morgan fingerprint density at radius 3 is 2.49 bits per heavy atom. The van der Waals surface area contributed by atoms with Crippen molar-refractivity contribution in [2.75, 3.05) is 24.6 Å². The van der Waals surface area contributed by atoms with Crippen molar-refractivity contribution in [2.45, 2.75) is 58.2 Å². The number of benzene rings is 1. The summed E-state index contributed by atoms with van der Waals surface area (Å²) >= 11 is 0. The Morgan fingerprint density at radius 1 is 1.16 bits per heavy atom. The normalized spacial score (nSPS) is 19.5. The van der Waals surface area contributed by atoms with Crippen LogP contribution in [0.2, 0.25) is 0 Å². The lowest BCUT2D eigenvalue weighted by molar-refractivity contribution is -0.129. The van der Waals surface area contributed by atoms with Gasteiger partial charge >= 0.3 is 0 Å². The Hall–Kier alpha value is -3.17. The molecule has 0 saturated carbocycles. The standard InChI is InChI=1S/C27H32F4N4O2/c1-2-17-14-32-27(33-15-17)35-11-9-18(10-12-35)16-37-23-8-7-21(13-22(23)28)19-3-5-20(6-4-19)26(36)34-25(31)24(29)30/h3,7-8,13-15,18,20,24-25H,2,4-6,9-12,16H2,1H3,(H,34,36). The molecule has 2 aromatic rings. The molecule has 0 radical (unpaired) electrons. The van der Waals surface area contributed by atoms with Crippen molar-refractivity contribution in [1.29, 1.82) is 0 Å². The number of amides is 1. The highest BCUT2D eigenvalue weighted by atomic mass is 19.3. The van der Waals surface area contributed by atoms with Gasteiger partial charge < -0.3 is 15.0 Å². The Kier molecular flexibility index (Phi) is 9.00. The zero-order valence-corrected chi connectivity index (χ0v) is 20.8. The molecule has 2 unspecified atom stereocenters. The largest absolute Gasteiger partial charge is 0.490 e. The number of anilines is 1. The number of hydrogen-bond donors (Lipinski definition) is 1. The summed E-state index contributed by atoms with van der Waals surface area (Å²) in [5, 5.41) is 1.71. The van der Waals surface area contributed by atoms with Gasteiger partial charge in [-0.3, -0.25) is 4.79 Å². The molecule has 2 heterocycles. The number of hydrogen-bond acceptors (Lipinski definition) is 5. The Morgan fingerprint density at radius 2 is 1.89 bits per heavy atom. The third-order valence-corrected chi connectivity index (χ3v) is 7.06. The van der Waals surface area contributed by atoms with Gasteiger partial charge in [-0.1, -0.05) is 19.1 Å². The number of allylic oxidation sites excluding steroid dienone is 2. The first-order valence-corrected chi connectivity index (χ1v) is 12.7. The molecule has 1 aromatic heterocycles. The number of nitrogens with zero attached hydrogens (tertiary/aromatic N) is 3. The van der Waals surface area contributed by atoms with Gasteiger partial charge in [0.25, 0.3) is 6.43 Å². The van der Waals surface area contributed by atoms with Crippen LogP contribution in [0.1, 0.15) is 50.2 Å². The van der Waals surface area contributed by atoms with Gasteiger partial charge in [-0.25, -0.2) is 27.5 Å². The molecule has 6 nitrogen and oxygen atoms in total. The number of ether oxygens (including phenoxy) is 1. The van der Waals surface area contributed by atoms with Crippen LogP contribution in [-0.2, 0) is 11.2 Å². The van der Waals surface area contributed by atoms with Crippen molar-refractivity contribution in [3.8, 4) is 5.75 Å². The number of aromatic nitrogens is 2. The fourth-order valence-electron chi connectivity index (χ4n) is 4.67. The maximum Gasteiger partial charge on any atom is 0.287 e. The molecule has 200 valence electrons. The van der Waals surface area contributed by atoms with E-state index in [0.29, 0.717) is 30.9 Å². The first-order valence-electron chi connectivity index (χ1n) is 12.7. The molecule has 37 heavy (non-hydrogen) atoms. The van der Waals surface area contributed by atoms with E-state index in [0.717, 1.165) is 49.4 Å². The number of rotatable bonds is 9. The van der Waals surface area contributed by atoms with Crippen molar-refractivity contribution in [2.24, 2.45) is 11.8 Å². The van der Waals surface area contributed by atoms with Gasteiger partial charge in [-0.15, -0.1) is 0 Å². The van der Waals surface area contributed by atoms with Crippen LogP contribution in [0.5, 0.6) is 5.75 Å². The second-order valence-electron chi connectivity index (χ2n) is 9.58. The molecule has 2 atom stereocenters. The van der Waals surface area contributed by atoms with Crippen molar-refractivity contribution in [3.63, 3.8) is 0 Å². The van der Waals surface area contributed by atoms with E-state index in [2.05, 4.69) is 21.8 Å². The molecule has 1 fully saturated rings. The highest BCUT2D eigenvalue weighted by Gasteiger charge is 2.28. The molecule has 4 rings (SSSR count). The third kappa shape index (κ3) is 6.99. The zero-order chi connectivity index (χ0) is 26.4. The molecule has 1 aliphatic heterocycles. The van der Waals surface area contributed by atoms with Crippen LogP contribution in [-0.4, -0.2) is 48.3 Å². The summed E-state index contributed by atoms with van der Waals surface area (Å²) < 4.78 is 58.3. The lowest BCUT2D eigenvalue weighted by Crippen LogP contribution is -2.40. The van der Waals surface area contributed by atoms with E-state index in [1.54, 1.807) is 23.5 Å². The summed E-state index contributed by atoms with van der Waals surface area (Å²) in [5.74, 6) is -0.533. The predicted molar refractivity (Wildman–Crippen MR) is 133 cm³/mol. The number of carbonyl (C=O) groups excluding carboxylic acids is 1. The van der Waals surface area contributed by atoms with Crippen LogP contribution in [0.4, 0.5) is 23.5 Å². The molecule has 0 spiro atoms. The van der Waals surface area contributed by atoms with Crippen LogP contribution in [0.25, 0.3) is 5.57 Å². The first-order chi connectivity index (χ1) is 17.8.